The van der Waals surface area contributed by atoms with Gasteiger partial charge in [0.2, 0.25) is 17.1 Å². The third-order valence-electron chi connectivity index (χ3n) is 8.46. The third kappa shape index (κ3) is 4.38. The highest BCUT2D eigenvalue weighted by atomic mass is 16.4. The van der Waals surface area contributed by atoms with Crippen LogP contribution in [0.5, 0.6) is 0 Å². The zero-order valence-electron chi connectivity index (χ0n) is 21.1. The average Bonchev–Trinajstić information content (AvgIpc) is 3.13. The van der Waals surface area contributed by atoms with Crippen LogP contribution >= 0.6 is 0 Å². The Kier molecular flexibility index (Phi) is 7.19. The lowest BCUT2D eigenvalue weighted by atomic mass is 9.74. The summed E-state index contributed by atoms with van der Waals surface area (Å²) in [7, 11) is 0. The molecule has 7 nitrogen and oxygen atoms in total. The van der Waals surface area contributed by atoms with Crippen molar-refractivity contribution in [2.24, 2.45) is 0 Å². The first-order valence-electron chi connectivity index (χ1n) is 13.6. The topological polar surface area (TPSA) is 107 Å². The van der Waals surface area contributed by atoms with Crippen molar-refractivity contribution in [3.05, 3.63) is 71.8 Å². The van der Waals surface area contributed by atoms with Crippen LogP contribution < -0.4 is 5.32 Å². The van der Waals surface area contributed by atoms with E-state index in [1.807, 2.05) is 0 Å². The molecule has 0 aromatic heterocycles. The molecule has 196 valence electrons. The fourth-order valence-corrected chi connectivity index (χ4v) is 6.61. The van der Waals surface area contributed by atoms with E-state index >= 15 is 0 Å². The van der Waals surface area contributed by atoms with Crippen molar-refractivity contribution in [3.8, 4) is 0 Å². The number of carbonyl (C=O) groups excluding carboxylic acids is 3. The third-order valence-corrected chi connectivity index (χ3v) is 8.46. The van der Waals surface area contributed by atoms with Gasteiger partial charge in [0.15, 0.2) is 0 Å². The second-order valence-corrected chi connectivity index (χ2v) is 10.8. The van der Waals surface area contributed by atoms with E-state index < -0.39 is 40.9 Å². The highest BCUT2D eigenvalue weighted by molar-refractivity contribution is 6.21. The van der Waals surface area contributed by atoms with Crippen LogP contribution in [0, 0.1) is 0 Å². The molecule has 1 aliphatic heterocycles. The zero-order chi connectivity index (χ0) is 26.0. The fraction of sp³-hybridized carbons (Fsp3) is 0.500. The Morgan fingerprint density at radius 2 is 1.32 bits per heavy atom. The molecule has 1 heterocycles. The van der Waals surface area contributed by atoms with Gasteiger partial charge >= 0.3 is 0 Å². The normalized spacial score (nSPS) is 29.3. The maximum Gasteiger partial charge on any atom is 0.274 e. The van der Waals surface area contributed by atoms with Crippen molar-refractivity contribution in [3.63, 3.8) is 0 Å². The minimum atomic E-state index is -2.64. The van der Waals surface area contributed by atoms with Gasteiger partial charge in [0.05, 0.1) is 5.92 Å². The van der Waals surface area contributed by atoms with E-state index in [1.54, 1.807) is 60.7 Å². The van der Waals surface area contributed by atoms with E-state index in [9.17, 15) is 24.6 Å². The minimum Gasteiger partial charge on any atom is -0.372 e. The van der Waals surface area contributed by atoms with Crippen molar-refractivity contribution in [2.75, 3.05) is 0 Å². The lowest BCUT2D eigenvalue weighted by Gasteiger charge is -2.42. The first kappa shape index (κ1) is 25.6. The molecule has 0 spiro atoms. The Morgan fingerprint density at radius 1 is 0.784 bits per heavy atom. The summed E-state index contributed by atoms with van der Waals surface area (Å²) in [6.07, 6.45) is 8.53. The summed E-state index contributed by atoms with van der Waals surface area (Å²) in [5.74, 6) is -3.92. The Balaban J connectivity index is 1.66. The van der Waals surface area contributed by atoms with E-state index in [0.29, 0.717) is 18.4 Å². The number of ketones is 1. The Bertz CT molecular complexity index is 1130. The Labute approximate surface area is 217 Å². The highest BCUT2D eigenvalue weighted by Crippen LogP contribution is 2.51. The number of hydrogen-bond donors (Lipinski definition) is 3. The number of nitrogens with one attached hydrogen (secondary N) is 1. The summed E-state index contributed by atoms with van der Waals surface area (Å²) in [6.45, 7) is 0. The Hall–Kier alpha value is -3.03. The minimum absolute atomic E-state index is 0.122. The molecule has 1 saturated heterocycles. The number of carbonyl (C=O) groups is 3. The van der Waals surface area contributed by atoms with E-state index in [1.165, 1.54) is 4.90 Å². The summed E-state index contributed by atoms with van der Waals surface area (Å²) in [6, 6.07) is 16.1. The van der Waals surface area contributed by atoms with Crippen molar-refractivity contribution >= 4 is 17.6 Å². The number of Topliss-reactive ketones (excluding diaryl/α,β-unsaturated/α-hetero) is 1. The number of benzene rings is 2. The molecule has 5 rings (SSSR count). The number of nitrogens with zero attached hydrogens (tertiary/aromatic N) is 1. The maximum atomic E-state index is 14.3. The van der Waals surface area contributed by atoms with E-state index in [2.05, 4.69) is 5.32 Å². The standard InChI is InChI=1S/C30H36N2O5/c33-26(22-15-7-2-8-16-22)29(36)25(21-13-5-1-6-14-21)30(37,27(34)31-23-17-9-3-10-18-23)32(28(29)35)24-19-11-4-12-20-24/h1-2,5-8,13-16,23-25,36-37H,3-4,9-12,17-20H2,(H,31,34). The van der Waals surface area contributed by atoms with Crippen LogP contribution in [0.15, 0.2) is 60.7 Å². The largest absolute Gasteiger partial charge is 0.372 e. The van der Waals surface area contributed by atoms with Crippen LogP contribution in [0.3, 0.4) is 0 Å². The van der Waals surface area contributed by atoms with Crippen LogP contribution in [0.4, 0.5) is 0 Å². The molecule has 7 heteroatoms. The molecule has 37 heavy (non-hydrogen) atoms. The molecule has 3 atom stereocenters. The molecule has 3 fully saturated rings. The number of amides is 2. The molecule has 2 amide bonds. The van der Waals surface area contributed by atoms with Crippen LogP contribution in [-0.4, -0.2) is 56.1 Å². The van der Waals surface area contributed by atoms with Gasteiger partial charge in [-0.05, 0) is 31.2 Å². The van der Waals surface area contributed by atoms with Gasteiger partial charge in [-0.3, -0.25) is 19.3 Å². The van der Waals surface area contributed by atoms with Gasteiger partial charge in [0.25, 0.3) is 11.8 Å². The average molecular weight is 505 g/mol. The van der Waals surface area contributed by atoms with Crippen molar-refractivity contribution < 1.29 is 24.6 Å². The van der Waals surface area contributed by atoms with Crippen molar-refractivity contribution in [1.82, 2.24) is 10.2 Å². The van der Waals surface area contributed by atoms with Gasteiger partial charge in [0, 0.05) is 17.6 Å². The van der Waals surface area contributed by atoms with E-state index in [4.69, 9.17) is 0 Å². The second kappa shape index (κ2) is 10.4. The van der Waals surface area contributed by atoms with Gasteiger partial charge in [-0.1, -0.05) is 99.2 Å². The molecule has 2 aromatic carbocycles. The van der Waals surface area contributed by atoms with Gasteiger partial charge in [0.1, 0.15) is 0 Å². The molecule has 3 aliphatic rings. The summed E-state index contributed by atoms with van der Waals surface area (Å²) in [5, 5.41) is 27.7. The number of rotatable bonds is 6. The first-order valence-corrected chi connectivity index (χ1v) is 13.6. The monoisotopic (exact) mass is 504 g/mol. The molecule has 2 aliphatic carbocycles. The van der Waals surface area contributed by atoms with E-state index in [-0.39, 0.29) is 11.6 Å². The van der Waals surface area contributed by atoms with E-state index in [0.717, 1.165) is 51.4 Å². The van der Waals surface area contributed by atoms with Crippen LogP contribution in [0.1, 0.15) is 86.0 Å². The quantitative estimate of drug-likeness (QED) is 0.411. The number of aliphatic hydroxyl groups is 2. The van der Waals surface area contributed by atoms with Gasteiger partial charge < -0.3 is 15.5 Å². The SMILES string of the molecule is O=C(c1ccccc1)C1(O)C(=O)N(C2CCCCC2)C(O)(C(=O)NC2CCCCC2)C1c1ccccc1. The molecule has 2 aromatic rings. The van der Waals surface area contributed by atoms with Crippen molar-refractivity contribution in [1.29, 1.82) is 0 Å². The predicted molar refractivity (Wildman–Crippen MR) is 139 cm³/mol. The molecule has 3 N–H and O–H groups in total. The van der Waals surface area contributed by atoms with Gasteiger partial charge in [-0.25, -0.2) is 0 Å². The maximum absolute atomic E-state index is 14.3. The van der Waals surface area contributed by atoms with Crippen LogP contribution in [-0.2, 0) is 9.59 Å². The summed E-state index contributed by atoms with van der Waals surface area (Å²) >= 11 is 0. The summed E-state index contributed by atoms with van der Waals surface area (Å²) < 4.78 is 0. The molecule has 0 radical (unpaired) electrons. The number of hydrogen-bond acceptors (Lipinski definition) is 5. The molecular formula is C30H36N2O5. The van der Waals surface area contributed by atoms with Gasteiger partial charge in [-0.2, -0.15) is 0 Å². The zero-order valence-corrected chi connectivity index (χ0v) is 21.1. The molecule has 3 unspecified atom stereocenters. The Morgan fingerprint density at radius 3 is 1.92 bits per heavy atom. The van der Waals surface area contributed by atoms with Crippen molar-refractivity contribution in [2.45, 2.75) is 93.5 Å². The fourth-order valence-electron chi connectivity index (χ4n) is 6.61. The molecule has 2 saturated carbocycles. The highest BCUT2D eigenvalue weighted by Gasteiger charge is 2.73. The van der Waals surface area contributed by atoms with Gasteiger partial charge in [-0.15, -0.1) is 0 Å². The first-order chi connectivity index (χ1) is 17.9. The molecule has 0 bridgehead atoms. The van der Waals surface area contributed by atoms with Crippen LogP contribution in [0.2, 0.25) is 0 Å². The second-order valence-electron chi connectivity index (χ2n) is 10.8. The lowest BCUT2D eigenvalue weighted by molar-refractivity contribution is -0.174. The summed E-state index contributed by atoms with van der Waals surface area (Å²) in [5.41, 5.74) is -4.54. The molecular weight excluding hydrogens is 468 g/mol. The summed E-state index contributed by atoms with van der Waals surface area (Å²) in [4.78, 5) is 43.5. The predicted octanol–water partition coefficient (Wildman–Crippen LogP) is 3.70. The lowest BCUT2D eigenvalue weighted by Crippen LogP contribution is -2.63. The smallest absolute Gasteiger partial charge is 0.274 e. The van der Waals surface area contributed by atoms with Crippen LogP contribution in [0.25, 0.3) is 0 Å². The number of likely N-dealkylation sites (tertiary alicyclic amines) is 1.